The highest BCUT2D eigenvalue weighted by molar-refractivity contribution is 8.00. The molecule has 10 heteroatoms. The van der Waals surface area contributed by atoms with Crippen molar-refractivity contribution in [1.29, 1.82) is 0 Å². The number of aromatic nitrogens is 3. The van der Waals surface area contributed by atoms with Crippen LogP contribution in [0.1, 0.15) is 18.3 Å². The predicted octanol–water partition coefficient (Wildman–Crippen LogP) is 4.87. The van der Waals surface area contributed by atoms with Crippen LogP contribution in [0.3, 0.4) is 0 Å². The normalized spacial score (nSPS) is 11.9. The maximum Gasteiger partial charge on any atom is 0.253 e. The number of hydrogen-bond donors (Lipinski definition) is 3. The first kappa shape index (κ1) is 24.3. The Kier molecular flexibility index (Phi) is 8.02. The molecule has 0 saturated carbocycles. The van der Waals surface area contributed by atoms with E-state index in [9.17, 15) is 9.90 Å². The molecule has 0 unspecified atom stereocenters. The van der Waals surface area contributed by atoms with Gasteiger partial charge in [-0.15, -0.1) is 10.2 Å². The summed E-state index contributed by atoms with van der Waals surface area (Å²) in [4.78, 5) is 12.6. The van der Waals surface area contributed by atoms with E-state index in [-0.39, 0.29) is 11.7 Å². The molecule has 0 radical (unpaired) electrons. The number of phenolic OH excluding ortho intramolecular Hbond substituents is 1. The number of para-hydroxylation sites is 1. The molecule has 0 aliphatic carbocycles. The number of nitrogens with zero attached hydrogens (tertiary/aromatic N) is 4. The molecule has 4 aromatic rings. The van der Waals surface area contributed by atoms with Crippen LogP contribution >= 0.6 is 23.4 Å². The highest BCUT2D eigenvalue weighted by Gasteiger charge is 2.21. The SMILES string of the molecule is C[C@@H](Sc1nnc(CNc2ccc(Cl)cc2)n1-c1ccccc1)C(=O)NN=Cc1cccc(O)c1. The fourth-order valence-corrected chi connectivity index (χ4v) is 4.16. The quantitative estimate of drug-likeness (QED) is 0.170. The largest absolute Gasteiger partial charge is 0.508 e. The Balaban J connectivity index is 1.47. The van der Waals surface area contributed by atoms with Gasteiger partial charge in [-0.05, 0) is 61.0 Å². The molecule has 1 amide bonds. The Morgan fingerprint density at radius 1 is 1.11 bits per heavy atom. The summed E-state index contributed by atoms with van der Waals surface area (Å²) in [6.45, 7) is 2.21. The van der Waals surface area contributed by atoms with Gasteiger partial charge in [0.1, 0.15) is 5.75 Å². The lowest BCUT2D eigenvalue weighted by atomic mass is 10.2. The molecular weight excluding hydrogens is 484 g/mol. The summed E-state index contributed by atoms with van der Waals surface area (Å²) in [6.07, 6.45) is 1.47. The van der Waals surface area contributed by atoms with Crippen molar-refractivity contribution in [1.82, 2.24) is 20.2 Å². The molecule has 0 bridgehead atoms. The van der Waals surface area contributed by atoms with Gasteiger partial charge in [0, 0.05) is 16.4 Å². The average Bonchev–Trinajstić information content (AvgIpc) is 3.26. The molecule has 8 nitrogen and oxygen atoms in total. The van der Waals surface area contributed by atoms with Crippen LogP contribution in [0.25, 0.3) is 5.69 Å². The summed E-state index contributed by atoms with van der Waals surface area (Å²) in [5, 5.41) is 26.3. The average molecular weight is 507 g/mol. The minimum atomic E-state index is -0.486. The third kappa shape index (κ3) is 6.62. The van der Waals surface area contributed by atoms with E-state index in [1.807, 2.05) is 59.2 Å². The van der Waals surface area contributed by atoms with E-state index in [0.29, 0.717) is 28.1 Å². The molecule has 4 rings (SSSR count). The Labute approximate surface area is 212 Å². The maximum atomic E-state index is 12.6. The molecule has 0 fully saturated rings. The van der Waals surface area contributed by atoms with E-state index in [1.165, 1.54) is 18.0 Å². The van der Waals surface area contributed by atoms with Crippen molar-refractivity contribution in [3.8, 4) is 11.4 Å². The van der Waals surface area contributed by atoms with Crippen molar-refractivity contribution in [2.24, 2.45) is 5.10 Å². The molecule has 178 valence electrons. The van der Waals surface area contributed by atoms with Crippen LogP contribution in [0, 0.1) is 0 Å². The number of anilines is 1. The number of hydrogen-bond acceptors (Lipinski definition) is 7. The number of hydrazone groups is 1. The minimum absolute atomic E-state index is 0.130. The van der Waals surface area contributed by atoms with Crippen LogP contribution in [0.5, 0.6) is 5.75 Å². The first-order valence-electron chi connectivity index (χ1n) is 10.8. The molecular formula is C25H23ClN6O2S. The second kappa shape index (κ2) is 11.5. The summed E-state index contributed by atoms with van der Waals surface area (Å²) in [7, 11) is 0. The van der Waals surface area contributed by atoms with Crippen molar-refractivity contribution in [3.63, 3.8) is 0 Å². The van der Waals surface area contributed by atoms with Crippen LogP contribution < -0.4 is 10.7 Å². The lowest BCUT2D eigenvalue weighted by Crippen LogP contribution is -2.27. The number of aromatic hydroxyl groups is 1. The number of benzene rings is 3. The van der Waals surface area contributed by atoms with Crippen LogP contribution in [0.2, 0.25) is 5.02 Å². The second-order valence-corrected chi connectivity index (χ2v) is 9.26. The summed E-state index contributed by atoms with van der Waals surface area (Å²) in [5.41, 5.74) is 5.01. The molecule has 0 aliphatic heterocycles. The van der Waals surface area contributed by atoms with Crippen molar-refractivity contribution < 1.29 is 9.90 Å². The molecule has 3 N–H and O–H groups in total. The van der Waals surface area contributed by atoms with Gasteiger partial charge in [-0.1, -0.05) is 53.7 Å². The van der Waals surface area contributed by atoms with Crippen LogP contribution in [-0.4, -0.2) is 37.2 Å². The summed E-state index contributed by atoms with van der Waals surface area (Å²) < 4.78 is 1.92. The Morgan fingerprint density at radius 2 is 1.89 bits per heavy atom. The van der Waals surface area contributed by atoms with Gasteiger partial charge in [0.25, 0.3) is 5.91 Å². The number of carbonyl (C=O) groups excluding carboxylic acids is 1. The highest BCUT2D eigenvalue weighted by Crippen LogP contribution is 2.26. The van der Waals surface area contributed by atoms with Crippen molar-refractivity contribution in [2.75, 3.05) is 5.32 Å². The monoisotopic (exact) mass is 506 g/mol. The zero-order valence-corrected chi connectivity index (χ0v) is 20.4. The van der Waals surface area contributed by atoms with Gasteiger partial charge in [0.2, 0.25) is 0 Å². The first-order chi connectivity index (χ1) is 17.0. The zero-order chi connectivity index (χ0) is 24.6. The first-order valence-corrected chi connectivity index (χ1v) is 12.0. The summed E-state index contributed by atoms with van der Waals surface area (Å²) >= 11 is 7.26. The van der Waals surface area contributed by atoms with Gasteiger partial charge in [-0.2, -0.15) is 5.10 Å². The van der Waals surface area contributed by atoms with Gasteiger partial charge in [-0.3, -0.25) is 9.36 Å². The lowest BCUT2D eigenvalue weighted by Gasteiger charge is -2.13. The third-order valence-corrected chi connectivity index (χ3v) is 6.21. The number of halogens is 1. The molecule has 35 heavy (non-hydrogen) atoms. The van der Waals surface area contributed by atoms with Crippen LogP contribution in [0.4, 0.5) is 5.69 Å². The molecule has 1 heterocycles. The fraction of sp³-hybridized carbons (Fsp3) is 0.120. The number of amides is 1. The van der Waals surface area contributed by atoms with E-state index in [4.69, 9.17) is 11.6 Å². The van der Waals surface area contributed by atoms with Crippen LogP contribution in [-0.2, 0) is 11.3 Å². The molecule has 1 atom stereocenters. The van der Waals surface area contributed by atoms with Gasteiger partial charge < -0.3 is 10.4 Å². The van der Waals surface area contributed by atoms with E-state index in [2.05, 4.69) is 26.0 Å². The van der Waals surface area contributed by atoms with Gasteiger partial charge in [-0.25, -0.2) is 5.43 Å². The number of carbonyl (C=O) groups is 1. The van der Waals surface area contributed by atoms with Crippen molar-refractivity contribution >= 4 is 41.2 Å². The zero-order valence-electron chi connectivity index (χ0n) is 18.8. The maximum absolute atomic E-state index is 12.6. The third-order valence-electron chi connectivity index (χ3n) is 4.92. The van der Waals surface area contributed by atoms with Crippen molar-refractivity contribution in [2.45, 2.75) is 23.9 Å². The molecule has 0 aliphatic rings. The molecule has 0 spiro atoms. The van der Waals surface area contributed by atoms with E-state index < -0.39 is 5.25 Å². The van der Waals surface area contributed by atoms with Gasteiger partial charge >= 0.3 is 0 Å². The topological polar surface area (TPSA) is 104 Å². The Bertz CT molecular complexity index is 1310. The summed E-state index contributed by atoms with van der Waals surface area (Å²) in [6, 6.07) is 23.7. The van der Waals surface area contributed by atoms with Gasteiger partial charge in [0.05, 0.1) is 18.0 Å². The standard InChI is InChI=1S/C25H23ClN6O2S/c1-17(24(34)30-28-15-18-6-5-9-22(33)14-18)35-25-31-29-23(32(25)21-7-3-2-4-8-21)16-27-20-12-10-19(26)11-13-20/h2-15,17,27,33H,16H2,1H3,(H,30,34)/t17-/m1/s1. The highest BCUT2D eigenvalue weighted by atomic mass is 35.5. The molecule has 1 aromatic heterocycles. The smallest absolute Gasteiger partial charge is 0.253 e. The lowest BCUT2D eigenvalue weighted by molar-refractivity contribution is -0.120. The second-order valence-electron chi connectivity index (χ2n) is 7.52. The van der Waals surface area contributed by atoms with Gasteiger partial charge in [0.15, 0.2) is 11.0 Å². The van der Waals surface area contributed by atoms with E-state index in [1.54, 1.807) is 31.2 Å². The number of rotatable bonds is 9. The fourth-order valence-electron chi connectivity index (χ4n) is 3.15. The predicted molar refractivity (Wildman–Crippen MR) is 139 cm³/mol. The Hall–Kier alpha value is -3.82. The van der Waals surface area contributed by atoms with Crippen LogP contribution in [0.15, 0.2) is 89.1 Å². The van der Waals surface area contributed by atoms with Crippen molar-refractivity contribution in [3.05, 3.63) is 95.3 Å². The van der Waals surface area contributed by atoms with E-state index >= 15 is 0 Å². The molecule has 3 aromatic carbocycles. The number of thioether (sulfide) groups is 1. The van der Waals surface area contributed by atoms with E-state index in [0.717, 1.165) is 11.4 Å². The summed E-state index contributed by atoms with van der Waals surface area (Å²) in [5.74, 6) is 0.545. The number of phenols is 1. The minimum Gasteiger partial charge on any atom is -0.508 e. The number of nitrogens with one attached hydrogen (secondary N) is 2. The Morgan fingerprint density at radius 3 is 2.63 bits per heavy atom. The molecule has 0 saturated heterocycles.